The molecule has 2 nitrogen and oxygen atoms in total. The molecule has 0 spiro atoms. The highest BCUT2D eigenvalue weighted by molar-refractivity contribution is 7.10. The Kier molecular flexibility index (Phi) is 3.93. The van der Waals surface area contributed by atoms with Gasteiger partial charge in [-0.25, -0.2) is 0 Å². The van der Waals surface area contributed by atoms with Gasteiger partial charge in [0, 0.05) is 11.3 Å². The summed E-state index contributed by atoms with van der Waals surface area (Å²) >= 11 is 1.79. The molecule has 0 amide bonds. The predicted molar refractivity (Wildman–Crippen MR) is 86.3 cm³/mol. The zero-order chi connectivity index (χ0) is 14.7. The third-order valence-corrected chi connectivity index (χ3v) is 5.14. The second kappa shape index (κ2) is 5.86. The highest BCUT2D eigenvalue weighted by atomic mass is 32.1. The normalized spacial score (nSPS) is 30.7. The Balaban J connectivity index is 1.87. The fourth-order valence-electron chi connectivity index (χ4n) is 3.04. The van der Waals surface area contributed by atoms with Crippen molar-refractivity contribution < 1.29 is 9.53 Å². The first-order chi connectivity index (χ1) is 10.3. The average molecular weight is 298 g/mol. The summed E-state index contributed by atoms with van der Waals surface area (Å²) in [6, 6.07) is 4.30. The Labute approximate surface area is 129 Å². The first kappa shape index (κ1) is 14.1. The molecule has 3 rings (SSSR count). The Morgan fingerprint density at radius 3 is 2.48 bits per heavy atom. The molecule has 21 heavy (non-hydrogen) atoms. The molecular weight excluding hydrogens is 280 g/mol. The van der Waals surface area contributed by atoms with E-state index in [-0.39, 0.29) is 11.4 Å². The summed E-state index contributed by atoms with van der Waals surface area (Å²) in [5.41, 5.74) is 2.78. The van der Waals surface area contributed by atoms with Gasteiger partial charge in [0.25, 0.3) is 0 Å². The van der Waals surface area contributed by atoms with E-state index in [1.165, 1.54) is 23.1 Å². The van der Waals surface area contributed by atoms with E-state index in [1.807, 2.05) is 12.2 Å². The maximum absolute atomic E-state index is 11.4. The van der Waals surface area contributed by atoms with E-state index in [0.29, 0.717) is 6.42 Å². The molecule has 2 aliphatic rings. The molecule has 2 aliphatic carbocycles. The lowest BCUT2D eigenvalue weighted by molar-refractivity contribution is -0.140. The van der Waals surface area contributed by atoms with Crippen molar-refractivity contribution in [3.8, 4) is 0 Å². The minimum atomic E-state index is -0.128. The van der Waals surface area contributed by atoms with Gasteiger partial charge in [-0.15, -0.1) is 11.3 Å². The fraction of sp³-hybridized carbons (Fsp3) is 0.278. The number of thiophene rings is 1. The van der Waals surface area contributed by atoms with E-state index < -0.39 is 0 Å². The summed E-state index contributed by atoms with van der Waals surface area (Å²) < 4.78 is 4.75. The maximum atomic E-state index is 11.4. The standard InChI is InChI=1S/C18H18O2S/c1-20-17(19)11-6-12-18(16-10-7-13-21-16)14-8-4-2-3-5-9-15(14)18/h2-5,7-10,13H,6,11-12H2,1H3/b3-2?,4-2-,5-3-,8-4?,9-5?,14-8+,15-9+. The number of ether oxygens (including phenoxy) is 1. The van der Waals surface area contributed by atoms with E-state index in [1.54, 1.807) is 11.3 Å². The zero-order valence-corrected chi connectivity index (χ0v) is 12.9. The molecule has 1 aromatic rings. The summed E-state index contributed by atoms with van der Waals surface area (Å²) in [6.45, 7) is 0. The second-order valence-electron chi connectivity index (χ2n) is 5.24. The number of methoxy groups -OCH3 is 1. The van der Waals surface area contributed by atoms with Crippen molar-refractivity contribution in [2.24, 2.45) is 0 Å². The Morgan fingerprint density at radius 1 is 1.19 bits per heavy atom. The number of allylic oxidation sites excluding steroid dienone is 8. The Hall–Kier alpha value is -1.87. The molecule has 0 bridgehead atoms. The van der Waals surface area contributed by atoms with Gasteiger partial charge in [-0.05, 0) is 35.4 Å². The Morgan fingerprint density at radius 2 is 1.90 bits per heavy atom. The van der Waals surface area contributed by atoms with E-state index >= 15 is 0 Å². The number of fused-ring (bicyclic) bond motifs is 1. The number of hydrogen-bond acceptors (Lipinski definition) is 3. The van der Waals surface area contributed by atoms with Crippen LogP contribution in [0.4, 0.5) is 0 Å². The molecule has 1 heterocycles. The molecular formula is C18H18O2S. The third-order valence-electron chi connectivity index (χ3n) is 4.11. The number of carbonyl (C=O) groups is 1. The second-order valence-corrected chi connectivity index (χ2v) is 6.19. The van der Waals surface area contributed by atoms with E-state index in [2.05, 4.69) is 41.8 Å². The summed E-state index contributed by atoms with van der Waals surface area (Å²) in [7, 11) is 1.45. The molecule has 1 aromatic heterocycles. The number of hydrogen-bond donors (Lipinski definition) is 0. The highest BCUT2D eigenvalue weighted by Gasteiger charge is 2.55. The minimum absolute atomic E-state index is 0.0151. The van der Waals surface area contributed by atoms with Crippen LogP contribution in [-0.4, -0.2) is 13.1 Å². The van der Waals surface area contributed by atoms with Crippen molar-refractivity contribution in [3.63, 3.8) is 0 Å². The molecule has 0 aromatic carbocycles. The van der Waals surface area contributed by atoms with Crippen LogP contribution in [0.1, 0.15) is 24.1 Å². The predicted octanol–water partition coefficient (Wildman–Crippen LogP) is 4.32. The molecule has 108 valence electrons. The van der Waals surface area contributed by atoms with E-state index in [4.69, 9.17) is 4.74 Å². The van der Waals surface area contributed by atoms with Gasteiger partial charge in [0.05, 0.1) is 12.5 Å². The van der Waals surface area contributed by atoms with Gasteiger partial charge in [-0.1, -0.05) is 42.5 Å². The van der Waals surface area contributed by atoms with Crippen molar-refractivity contribution in [1.82, 2.24) is 0 Å². The largest absolute Gasteiger partial charge is 0.469 e. The molecule has 3 heteroatoms. The maximum Gasteiger partial charge on any atom is 0.305 e. The molecule has 1 saturated carbocycles. The Bertz CT molecular complexity index is 617. The molecule has 0 unspecified atom stereocenters. The van der Waals surface area contributed by atoms with Gasteiger partial charge in [0.15, 0.2) is 0 Å². The van der Waals surface area contributed by atoms with Gasteiger partial charge in [0.1, 0.15) is 0 Å². The van der Waals surface area contributed by atoms with Crippen molar-refractivity contribution in [1.29, 1.82) is 0 Å². The van der Waals surface area contributed by atoms with Crippen LogP contribution in [0.25, 0.3) is 0 Å². The summed E-state index contributed by atoms with van der Waals surface area (Å²) in [4.78, 5) is 12.7. The number of rotatable bonds is 5. The van der Waals surface area contributed by atoms with Crippen molar-refractivity contribution in [2.45, 2.75) is 24.7 Å². The minimum Gasteiger partial charge on any atom is -0.469 e. The first-order valence-electron chi connectivity index (χ1n) is 7.16. The lowest BCUT2D eigenvalue weighted by atomic mass is 9.94. The summed E-state index contributed by atoms with van der Waals surface area (Å²) in [6.07, 6.45) is 15.0. The van der Waals surface area contributed by atoms with Crippen molar-refractivity contribution >= 4 is 17.3 Å². The molecule has 0 saturated heterocycles. The zero-order valence-electron chi connectivity index (χ0n) is 12.0. The van der Waals surface area contributed by atoms with Gasteiger partial charge in [-0.2, -0.15) is 0 Å². The smallest absolute Gasteiger partial charge is 0.305 e. The molecule has 0 atom stereocenters. The van der Waals surface area contributed by atoms with Crippen LogP contribution in [0.2, 0.25) is 0 Å². The van der Waals surface area contributed by atoms with Crippen LogP contribution in [0.3, 0.4) is 0 Å². The SMILES string of the molecule is COC(=O)CCCC1(c2cccs2)C2=C/C=C\C=C/C=C\21. The average Bonchev–Trinajstić information content (AvgIpc) is 2.86. The topological polar surface area (TPSA) is 26.3 Å². The molecule has 1 fully saturated rings. The molecule has 0 radical (unpaired) electrons. The molecule has 0 N–H and O–H groups in total. The van der Waals surface area contributed by atoms with E-state index in [0.717, 1.165) is 12.8 Å². The van der Waals surface area contributed by atoms with Gasteiger partial charge >= 0.3 is 5.97 Å². The molecule has 0 aliphatic heterocycles. The van der Waals surface area contributed by atoms with Crippen LogP contribution < -0.4 is 0 Å². The van der Waals surface area contributed by atoms with Crippen LogP contribution in [0, 0.1) is 0 Å². The van der Waals surface area contributed by atoms with Gasteiger partial charge in [0.2, 0.25) is 0 Å². The quantitative estimate of drug-likeness (QED) is 0.757. The summed E-state index contributed by atoms with van der Waals surface area (Å²) in [5, 5.41) is 2.12. The number of esters is 1. The van der Waals surface area contributed by atoms with Crippen LogP contribution in [-0.2, 0) is 14.9 Å². The van der Waals surface area contributed by atoms with E-state index in [9.17, 15) is 4.79 Å². The van der Waals surface area contributed by atoms with Crippen LogP contribution >= 0.6 is 11.3 Å². The fourth-order valence-corrected chi connectivity index (χ4v) is 4.02. The first-order valence-corrected chi connectivity index (χ1v) is 8.04. The van der Waals surface area contributed by atoms with Gasteiger partial charge < -0.3 is 4.74 Å². The van der Waals surface area contributed by atoms with Crippen LogP contribution in [0.5, 0.6) is 0 Å². The van der Waals surface area contributed by atoms with Crippen molar-refractivity contribution in [3.05, 3.63) is 70.0 Å². The van der Waals surface area contributed by atoms with Crippen molar-refractivity contribution in [2.75, 3.05) is 7.11 Å². The summed E-state index contributed by atoms with van der Waals surface area (Å²) in [5.74, 6) is -0.128. The number of carbonyl (C=O) groups excluding carboxylic acids is 1. The van der Waals surface area contributed by atoms with Gasteiger partial charge in [-0.3, -0.25) is 4.79 Å². The highest BCUT2D eigenvalue weighted by Crippen LogP contribution is 2.63. The lowest BCUT2D eigenvalue weighted by Gasteiger charge is -2.12. The van der Waals surface area contributed by atoms with Crippen LogP contribution in [0.15, 0.2) is 65.1 Å². The monoisotopic (exact) mass is 298 g/mol. The third kappa shape index (κ3) is 2.54. The lowest BCUT2D eigenvalue weighted by Crippen LogP contribution is -2.08.